The maximum absolute atomic E-state index is 12.3. The Kier molecular flexibility index (Phi) is 5.31. The molecule has 0 fully saturated rings. The van der Waals surface area contributed by atoms with Crippen LogP contribution >= 0.6 is 0 Å². The fraction of sp³-hybridized carbons (Fsp3) is 0.222. The number of hydrogen-bond donors (Lipinski definition) is 1. The highest BCUT2D eigenvalue weighted by Gasteiger charge is 2.13. The number of carbonyl (C=O) groups is 2. The lowest BCUT2D eigenvalue weighted by atomic mass is 9.99. The molecule has 0 bridgehead atoms. The third kappa shape index (κ3) is 4.19. The zero-order valence-corrected chi connectivity index (χ0v) is 12.9. The number of hydrogen-bond acceptors (Lipinski definition) is 2. The minimum Gasteiger partial charge on any atom is -0.347 e. The number of nitrogens with zero attached hydrogens (tertiary/aromatic N) is 1. The van der Waals surface area contributed by atoms with Gasteiger partial charge in [-0.1, -0.05) is 48.5 Å². The van der Waals surface area contributed by atoms with E-state index in [-0.39, 0.29) is 18.4 Å². The van der Waals surface area contributed by atoms with Crippen LogP contribution in [0.3, 0.4) is 0 Å². The summed E-state index contributed by atoms with van der Waals surface area (Å²) in [6.07, 6.45) is 0.687. The summed E-state index contributed by atoms with van der Waals surface area (Å²) >= 11 is 0. The van der Waals surface area contributed by atoms with Crippen molar-refractivity contribution in [2.45, 2.75) is 6.42 Å². The number of nitrogens with one attached hydrogen (secondary N) is 1. The second-order valence-electron chi connectivity index (χ2n) is 5.29. The molecule has 0 atom stereocenters. The van der Waals surface area contributed by atoms with E-state index in [9.17, 15) is 9.59 Å². The molecule has 2 aromatic carbocycles. The van der Waals surface area contributed by atoms with Crippen LogP contribution in [0.4, 0.5) is 0 Å². The summed E-state index contributed by atoms with van der Waals surface area (Å²) in [6.45, 7) is 0.00546. The van der Waals surface area contributed by atoms with Crippen molar-refractivity contribution in [3.63, 3.8) is 0 Å². The van der Waals surface area contributed by atoms with Crippen molar-refractivity contribution in [1.29, 1.82) is 0 Å². The molecule has 0 saturated heterocycles. The van der Waals surface area contributed by atoms with Crippen molar-refractivity contribution < 1.29 is 9.59 Å². The first-order chi connectivity index (χ1) is 10.6. The summed E-state index contributed by atoms with van der Waals surface area (Å²) in [7, 11) is 3.33. The lowest BCUT2D eigenvalue weighted by Gasteiger charge is -2.13. The molecule has 1 N–H and O–H groups in total. The Bertz CT molecular complexity index is 651. The predicted octanol–water partition coefficient (Wildman–Crippen LogP) is 2.10. The smallest absolute Gasteiger partial charge is 0.252 e. The van der Waals surface area contributed by atoms with E-state index in [1.54, 1.807) is 20.2 Å². The standard InChI is InChI=1S/C18H20N2O2/c1-20(2)17(21)13-19-18(22)16-11-7-6-10-15(16)12-14-8-4-3-5-9-14/h3-11H,12-13H2,1-2H3,(H,19,22). The number of likely N-dealkylation sites (N-methyl/N-ethyl adjacent to an activating group) is 1. The van der Waals surface area contributed by atoms with Crippen molar-refractivity contribution in [2.75, 3.05) is 20.6 Å². The van der Waals surface area contributed by atoms with Gasteiger partial charge < -0.3 is 10.2 Å². The average Bonchev–Trinajstić information content (AvgIpc) is 2.53. The highest BCUT2D eigenvalue weighted by Crippen LogP contribution is 2.14. The summed E-state index contributed by atoms with van der Waals surface area (Å²) in [5.74, 6) is -0.351. The molecule has 4 nitrogen and oxygen atoms in total. The van der Waals surface area contributed by atoms with Crippen LogP contribution in [0.25, 0.3) is 0 Å². The molecule has 114 valence electrons. The molecule has 0 aliphatic rings. The van der Waals surface area contributed by atoms with E-state index < -0.39 is 0 Å². The van der Waals surface area contributed by atoms with Crippen LogP contribution in [-0.2, 0) is 11.2 Å². The Labute approximate surface area is 130 Å². The maximum Gasteiger partial charge on any atom is 0.252 e. The molecule has 2 amide bonds. The van der Waals surface area contributed by atoms with Crippen LogP contribution in [0.15, 0.2) is 54.6 Å². The topological polar surface area (TPSA) is 49.4 Å². The second kappa shape index (κ2) is 7.41. The van der Waals surface area contributed by atoms with Gasteiger partial charge >= 0.3 is 0 Å². The number of rotatable bonds is 5. The molecule has 0 unspecified atom stereocenters. The third-order valence-electron chi connectivity index (χ3n) is 3.40. The molecule has 0 saturated carbocycles. The highest BCUT2D eigenvalue weighted by atomic mass is 16.2. The van der Waals surface area contributed by atoms with Crippen LogP contribution in [0.5, 0.6) is 0 Å². The van der Waals surface area contributed by atoms with E-state index in [0.717, 1.165) is 11.1 Å². The summed E-state index contributed by atoms with van der Waals surface area (Å²) in [6, 6.07) is 17.5. The Morgan fingerprint density at radius 3 is 2.27 bits per heavy atom. The summed E-state index contributed by atoms with van der Waals surface area (Å²) < 4.78 is 0. The molecule has 0 heterocycles. The van der Waals surface area contributed by atoms with Crippen LogP contribution in [-0.4, -0.2) is 37.4 Å². The van der Waals surface area contributed by atoms with Gasteiger partial charge in [0.1, 0.15) is 0 Å². The van der Waals surface area contributed by atoms with Crippen LogP contribution in [0, 0.1) is 0 Å². The first kappa shape index (κ1) is 15.8. The monoisotopic (exact) mass is 296 g/mol. The first-order valence-corrected chi connectivity index (χ1v) is 7.18. The van der Waals surface area contributed by atoms with Gasteiger partial charge in [0.15, 0.2) is 0 Å². The molecule has 0 spiro atoms. The quantitative estimate of drug-likeness (QED) is 0.918. The Balaban J connectivity index is 2.11. The zero-order chi connectivity index (χ0) is 15.9. The van der Waals surface area contributed by atoms with E-state index in [1.807, 2.05) is 48.5 Å². The Hall–Kier alpha value is -2.62. The number of amides is 2. The lowest BCUT2D eigenvalue weighted by molar-refractivity contribution is -0.127. The molecular formula is C18H20N2O2. The van der Waals surface area contributed by atoms with Gasteiger partial charge in [-0.15, -0.1) is 0 Å². The molecule has 2 aromatic rings. The molecule has 0 aliphatic carbocycles. The fourth-order valence-electron chi connectivity index (χ4n) is 2.12. The van der Waals surface area contributed by atoms with Crippen molar-refractivity contribution in [3.8, 4) is 0 Å². The van der Waals surface area contributed by atoms with E-state index in [2.05, 4.69) is 5.32 Å². The molecule has 22 heavy (non-hydrogen) atoms. The van der Waals surface area contributed by atoms with Gasteiger partial charge in [-0.2, -0.15) is 0 Å². The van der Waals surface area contributed by atoms with Crippen LogP contribution in [0.1, 0.15) is 21.5 Å². The van der Waals surface area contributed by atoms with Crippen molar-refractivity contribution >= 4 is 11.8 Å². The Morgan fingerprint density at radius 2 is 1.59 bits per heavy atom. The van der Waals surface area contributed by atoms with E-state index in [1.165, 1.54) is 4.90 Å². The predicted molar refractivity (Wildman–Crippen MR) is 86.7 cm³/mol. The number of benzene rings is 2. The molecular weight excluding hydrogens is 276 g/mol. The van der Waals surface area contributed by atoms with Gasteiger partial charge in [0.25, 0.3) is 5.91 Å². The largest absolute Gasteiger partial charge is 0.347 e. The van der Waals surface area contributed by atoms with Crippen molar-refractivity contribution in [3.05, 3.63) is 71.3 Å². The van der Waals surface area contributed by atoms with E-state index in [4.69, 9.17) is 0 Å². The molecule has 0 aliphatic heterocycles. The maximum atomic E-state index is 12.3. The minimum atomic E-state index is -0.221. The van der Waals surface area contributed by atoms with Crippen molar-refractivity contribution in [1.82, 2.24) is 10.2 Å². The first-order valence-electron chi connectivity index (χ1n) is 7.18. The van der Waals surface area contributed by atoms with Gasteiger partial charge in [-0.25, -0.2) is 0 Å². The lowest BCUT2D eigenvalue weighted by Crippen LogP contribution is -2.36. The third-order valence-corrected chi connectivity index (χ3v) is 3.40. The Morgan fingerprint density at radius 1 is 0.955 bits per heavy atom. The summed E-state index contributed by atoms with van der Waals surface area (Å²) in [5.41, 5.74) is 2.70. The molecule has 0 radical (unpaired) electrons. The van der Waals surface area contributed by atoms with Crippen LogP contribution in [0.2, 0.25) is 0 Å². The minimum absolute atomic E-state index is 0.00546. The van der Waals surface area contributed by atoms with E-state index in [0.29, 0.717) is 12.0 Å². The molecule has 4 heteroatoms. The average molecular weight is 296 g/mol. The molecule has 2 rings (SSSR count). The zero-order valence-electron chi connectivity index (χ0n) is 12.9. The molecule has 0 aromatic heterocycles. The van der Waals surface area contributed by atoms with Gasteiger partial charge in [-0.3, -0.25) is 9.59 Å². The van der Waals surface area contributed by atoms with Gasteiger partial charge in [-0.05, 0) is 23.6 Å². The SMILES string of the molecule is CN(C)C(=O)CNC(=O)c1ccccc1Cc1ccccc1. The van der Waals surface area contributed by atoms with Crippen LogP contribution < -0.4 is 5.32 Å². The normalized spacial score (nSPS) is 10.1. The van der Waals surface area contributed by atoms with Crippen molar-refractivity contribution in [2.24, 2.45) is 0 Å². The number of carbonyl (C=O) groups excluding carboxylic acids is 2. The summed E-state index contributed by atoms with van der Waals surface area (Å²) in [4.78, 5) is 25.3. The van der Waals surface area contributed by atoms with E-state index >= 15 is 0 Å². The second-order valence-corrected chi connectivity index (χ2v) is 5.29. The highest BCUT2D eigenvalue weighted by molar-refractivity contribution is 5.97. The van der Waals surface area contributed by atoms with Gasteiger partial charge in [0.05, 0.1) is 6.54 Å². The van der Waals surface area contributed by atoms with Gasteiger partial charge in [0.2, 0.25) is 5.91 Å². The van der Waals surface area contributed by atoms with Gasteiger partial charge in [0, 0.05) is 19.7 Å². The fourth-order valence-corrected chi connectivity index (χ4v) is 2.12. The summed E-state index contributed by atoms with van der Waals surface area (Å²) in [5, 5.41) is 2.68.